The maximum Gasteiger partial charge on any atom is 0.00360 e. The molecule has 0 fully saturated rings. The smallest absolute Gasteiger partial charge is 0.00360 e. The zero-order valence-electron chi connectivity index (χ0n) is 8.48. The highest BCUT2D eigenvalue weighted by Gasteiger charge is 1.97. The number of hydrogen-bond acceptors (Lipinski definition) is 1. The highest BCUT2D eigenvalue weighted by atomic mass is 14.9. The lowest BCUT2D eigenvalue weighted by atomic mass is 10.1. The minimum atomic E-state index is 0.696. The summed E-state index contributed by atoms with van der Waals surface area (Å²) in [4.78, 5) is 0. The third-order valence-corrected chi connectivity index (χ3v) is 2.06. The molecule has 0 aliphatic heterocycles. The van der Waals surface area contributed by atoms with E-state index in [2.05, 4.69) is 33.0 Å². The van der Waals surface area contributed by atoms with E-state index >= 15 is 0 Å². The Kier molecular flexibility index (Phi) is 6.63. The molecule has 0 saturated heterocycles. The Morgan fingerprint density at radius 1 is 1.18 bits per heavy atom. The van der Waals surface area contributed by atoms with Crippen LogP contribution < -0.4 is 5.32 Å². The van der Waals surface area contributed by atoms with Crippen LogP contribution in [0.25, 0.3) is 0 Å². The molecule has 0 heterocycles. The summed E-state index contributed by atoms with van der Waals surface area (Å²) in [6, 6.07) is 0.696. The topological polar surface area (TPSA) is 12.0 Å². The van der Waals surface area contributed by atoms with Gasteiger partial charge in [0.1, 0.15) is 0 Å². The number of hydrogen-bond donors (Lipinski definition) is 1. The van der Waals surface area contributed by atoms with Crippen molar-refractivity contribution in [2.45, 2.75) is 53.0 Å². The van der Waals surface area contributed by atoms with Crippen LogP contribution in [0.2, 0.25) is 0 Å². The summed E-state index contributed by atoms with van der Waals surface area (Å²) in [7, 11) is 0. The van der Waals surface area contributed by atoms with E-state index in [1.54, 1.807) is 0 Å². The average molecular weight is 157 g/mol. The van der Waals surface area contributed by atoms with E-state index in [1.165, 1.54) is 25.8 Å². The van der Waals surface area contributed by atoms with Gasteiger partial charge in [0.2, 0.25) is 0 Å². The fraction of sp³-hybridized carbons (Fsp3) is 1.00. The second-order valence-corrected chi connectivity index (χ2v) is 3.80. The van der Waals surface area contributed by atoms with Gasteiger partial charge in [0.05, 0.1) is 0 Å². The van der Waals surface area contributed by atoms with Crippen LogP contribution in [-0.4, -0.2) is 12.6 Å². The molecule has 1 heteroatoms. The van der Waals surface area contributed by atoms with Gasteiger partial charge >= 0.3 is 0 Å². The SMILES string of the molecule is CCC(C)NCCCC(C)C. The molecule has 0 aromatic heterocycles. The first-order valence-corrected chi connectivity index (χ1v) is 4.90. The monoisotopic (exact) mass is 157 g/mol. The lowest BCUT2D eigenvalue weighted by molar-refractivity contribution is 0.482. The molecule has 0 aromatic rings. The molecule has 0 saturated carbocycles. The van der Waals surface area contributed by atoms with Crippen LogP contribution in [0.3, 0.4) is 0 Å². The van der Waals surface area contributed by atoms with Crippen molar-refractivity contribution < 1.29 is 0 Å². The van der Waals surface area contributed by atoms with Crippen molar-refractivity contribution in [3.05, 3.63) is 0 Å². The second-order valence-electron chi connectivity index (χ2n) is 3.80. The Labute approximate surface area is 71.6 Å². The van der Waals surface area contributed by atoms with Gasteiger partial charge in [0, 0.05) is 6.04 Å². The van der Waals surface area contributed by atoms with Gasteiger partial charge in [-0.2, -0.15) is 0 Å². The van der Waals surface area contributed by atoms with E-state index in [9.17, 15) is 0 Å². The first kappa shape index (κ1) is 11.0. The molecule has 1 nitrogen and oxygen atoms in total. The van der Waals surface area contributed by atoms with Crippen LogP contribution in [0.15, 0.2) is 0 Å². The molecule has 11 heavy (non-hydrogen) atoms. The van der Waals surface area contributed by atoms with E-state index < -0.39 is 0 Å². The summed E-state index contributed by atoms with van der Waals surface area (Å²) in [5.41, 5.74) is 0. The van der Waals surface area contributed by atoms with Crippen LogP contribution in [0, 0.1) is 5.92 Å². The lowest BCUT2D eigenvalue weighted by Gasteiger charge is -2.11. The lowest BCUT2D eigenvalue weighted by Crippen LogP contribution is -2.26. The van der Waals surface area contributed by atoms with E-state index in [4.69, 9.17) is 0 Å². The summed E-state index contributed by atoms with van der Waals surface area (Å²) in [6.07, 6.45) is 3.91. The predicted molar refractivity (Wildman–Crippen MR) is 51.8 cm³/mol. The summed E-state index contributed by atoms with van der Waals surface area (Å²) in [6.45, 7) is 10.2. The molecule has 0 amide bonds. The van der Waals surface area contributed by atoms with Crippen LogP contribution in [-0.2, 0) is 0 Å². The Balaban J connectivity index is 3.01. The molecular weight excluding hydrogens is 134 g/mol. The summed E-state index contributed by atoms with van der Waals surface area (Å²) < 4.78 is 0. The quantitative estimate of drug-likeness (QED) is 0.585. The first-order valence-electron chi connectivity index (χ1n) is 4.90. The molecule has 0 aliphatic rings. The molecule has 0 aliphatic carbocycles. The minimum absolute atomic E-state index is 0.696. The number of nitrogens with one attached hydrogen (secondary N) is 1. The van der Waals surface area contributed by atoms with Gasteiger partial charge in [-0.25, -0.2) is 0 Å². The van der Waals surface area contributed by atoms with Gasteiger partial charge in [-0.05, 0) is 38.6 Å². The fourth-order valence-corrected chi connectivity index (χ4v) is 1.00. The highest BCUT2D eigenvalue weighted by Crippen LogP contribution is 2.02. The molecule has 0 aromatic carbocycles. The van der Waals surface area contributed by atoms with E-state index in [-0.39, 0.29) is 0 Å². The summed E-state index contributed by atoms with van der Waals surface area (Å²) in [5.74, 6) is 0.855. The summed E-state index contributed by atoms with van der Waals surface area (Å²) in [5, 5.41) is 3.49. The first-order chi connectivity index (χ1) is 5.16. The van der Waals surface area contributed by atoms with Crippen LogP contribution in [0.1, 0.15) is 47.0 Å². The van der Waals surface area contributed by atoms with Crippen molar-refractivity contribution >= 4 is 0 Å². The van der Waals surface area contributed by atoms with Gasteiger partial charge in [-0.15, -0.1) is 0 Å². The normalized spacial score (nSPS) is 13.9. The maximum absolute atomic E-state index is 3.49. The summed E-state index contributed by atoms with van der Waals surface area (Å²) >= 11 is 0. The molecule has 68 valence electrons. The predicted octanol–water partition coefficient (Wildman–Crippen LogP) is 2.81. The minimum Gasteiger partial charge on any atom is -0.314 e. The van der Waals surface area contributed by atoms with Gasteiger partial charge in [0.15, 0.2) is 0 Å². The Morgan fingerprint density at radius 2 is 1.82 bits per heavy atom. The van der Waals surface area contributed by atoms with Crippen LogP contribution in [0.4, 0.5) is 0 Å². The maximum atomic E-state index is 3.49. The Bertz CT molecular complexity index is 78.9. The van der Waals surface area contributed by atoms with Crippen molar-refractivity contribution in [1.29, 1.82) is 0 Å². The van der Waals surface area contributed by atoms with Crippen molar-refractivity contribution in [2.24, 2.45) is 5.92 Å². The molecule has 0 bridgehead atoms. The molecule has 1 N–H and O–H groups in total. The largest absolute Gasteiger partial charge is 0.314 e. The van der Waals surface area contributed by atoms with Gasteiger partial charge in [-0.3, -0.25) is 0 Å². The fourth-order valence-electron chi connectivity index (χ4n) is 1.00. The Hall–Kier alpha value is -0.0400. The molecular formula is C10H23N. The van der Waals surface area contributed by atoms with Crippen LogP contribution in [0.5, 0.6) is 0 Å². The molecule has 0 rings (SSSR count). The zero-order valence-corrected chi connectivity index (χ0v) is 8.48. The highest BCUT2D eigenvalue weighted by molar-refractivity contribution is 4.57. The van der Waals surface area contributed by atoms with Crippen molar-refractivity contribution in [1.82, 2.24) is 5.32 Å². The van der Waals surface area contributed by atoms with Crippen molar-refractivity contribution in [3.63, 3.8) is 0 Å². The third-order valence-electron chi connectivity index (χ3n) is 2.06. The molecule has 1 atom stereocenters. The molecule has 0 radical (unpaired) electrons. The Morgan fingerprint density at radius 3 is 2.27 bits per heavy atom. The second kappa shape index (κ2) is 6.66. The third kappa shape index (κ3) is 7.86. The van der Waals surface area contributed by atoms with Crippen molar-refractivity contribution in [3.8, 4) is 0 Å². The van der Waals surface area contributed by atoms with Gasteiger partial charge < -0.3 is 5.32 Å². The van der Waals surface area contributed by atoms with Crippen LogP contribution >= 0.6 is 0 Å². The standard InChI is InChI=1S/C10H23N/c1-5-10(4)11-8-6-7-9(2)3/h9-11H,5-8H2,1-4H3. The molecule has 0 spiro atoms. The van der Waals surface area contributed by atoms with Crippen molar-refractivity contribution in [2.75, 3.05) is 6.54 Å². The number of rotatable bonds is 6. The van der Waals surface area contributed by atoms with E-state index in [0.717, 1.165) is 5.92 Å². The zero-order chi connectivity index (χ0) is 8.69. The average Bonchev–Trinajstić information content (AvgIpc) is 1.97. The van der Waals surface area contributed by atoms with Gasteiger partial charge in [-0.1, -0.05) is 20.8 Å². The molecule has 1 unspecified atom stereocenters. The van der Waals surface area contributed by atoms with Gasteiger partial charge in [0.25, 0.3) is 0 Å². The van der Waals surface area contributed by atoms with E-state index in [0.29, 0.717) is 6.04 Å². The van der Waals surface area contributed by atoms with E-state index in [1.807, 2.05) is 0 Å².